The Balaban J connectivity index is 1.66. The first-order chi connectivity index (χ1) is 12.6. The molecule has 2 heterocycles. The number of rotatable bonds is 4. The summed E-state index contributed by atoms with van der Waals surface area (Å²) in [6.07, 6.45) is 4.16. The van der Waals surface area contributed by atoms with Crippen molar-refractivity contribution in [2.24, 2.45) is 5.10 Å². The van der Waals surface area contributed by atoms with E-state index in [2.05, 4.69) is 20.8 Å². The number of pyridine rings is 1. The Morgan fingerprint density at radius 2 is 1.73 bits per heavy atom. The molecule has 0 saturated carbocycles. The molecule has 5 nitrogen and oxygen atoms in total. The molecule has 0 fully saturated rings. The smallest absolute Gasteiger partial charge is 0.257 e. The molecule has 130 valence electrons. The van der Waals surface area contributed by atoms with E-state index in [9.17, 15) is 5.11 Å². The van der Waals surface area contributed by atoms with Crippen molar-refractivity contribution in [2.75, 3.05) is 5.32 Å². The quantitative estimate of drug-likeness (QED) is 0.620. The molecule has 0 aliphatic carbocycles. The zero-order valence-electron chi connectivity index (χ0n) is 13.9. The number of hydrogen-bond donors (Lipinski definition) is 3. The molecule has 0 spiro atoms. The summed E-state index contributed by atoms with van der Waals surface area (Å²) in [6, 6.07) is 18.7. The molecule has 1 unspecified atom stereocenters. The molecule has 1 aromatic heterocycles. The Hall–Kier alpha value is -2.89. The van der Waals surface area contributed by atoms with Gasteiger partial charge in [0.1, 0.15) is 0 Å². The van der Waals surface area contributed by atoms with Crippen molar-refractivity contribution < 1.29 is 5.11 Å². The lowest BCUT2D eigenvalue weighted by Crippen LogP contribution is -2.50. The van der Waals surface area contributed by atoms with Gasteiger partial charge in [-0.3, -0.25) is 10.4 Å². The Labute approximate surface area is 156 Å². The summed E-state index contributed by atoms with van der Waals surface area (Å²) < 4.78 is 0. The standard InChI is InChI=1S/C20H17ClN4O/c21-15-5-7-16(8-6-15)23-20(26)18-4-2-1-3-17(18)19(24-25-20)13-14-9-11-22-12-10-14/h1-12,23,25-26H,13H2. The number of anilines is 1. The first-order valence-corrected chi connectivity index (χ1v) is 8.60. The molecular weight excluding hydrogens is 348 g/mol. The van der Waals surface area contributed by atoms with Crippen molar-refractivity contribution in [3.05, 3.63) is 94.8 Å². The number of nitrogens with one attached hydrogen (secondary N) is 2. The predicted molar refractivity (Wildman–Crippen MR) is 103 cm³/mol. The number of fused-ring (bicyclic) bond motifs is 1. The summed E-state index contributed by atoms with van der Waals surface area (Å²) in [4.78, 5) is 4.04. The number of nitrogens with zero attached hydrogens (tertiary/aromatic N) is 2. The van der Waals surface area contributed by atoms with Crippen LogP contribution in [0.2, 0.25) is 5.02 Å². The summed E-state index contributed by atoms with van der Waals surface area (Å²) in [5.74, 6) is -1.51. The summed E-state index contributed by atoms with van der Waals surface area (Å²) in [5, 5.41) is 19.3. The van der Waals surface area contributed by atoms with E-state index >= 15 is 0 Å². The lowest BCUT2D eigenvalue weighted by molar-refractivity contribution is 0.0287. The highest BCUT2D eigenvalue weighted by atomic mass is 35.5. The maximum Gasteiger partial charge on any atom is 0.257 e. The third-order valence-corrected chi connectivity index (χ3v) is 4.52. The van der Waals surface area contributed by atoms with Gasteiger partial charge in [-0.2, -0.15) is 5.10 Å². The molecule has 0 bridgehead atoms. The van der Waals surface area contributed by atoms with Crippen molar-refractivity contribution in [2.45, 2.75) is 12.3 Å². The highest BCUT2D eigenvalue weighted by Gasteiger charge is 2.35. The molecule has 2 aromatic carbocycles. The topological polar surface area (TPSA) is 69.5 Å². The van der Waals surface area contributed by atoms with Gasteiger partial charge >= 0.3 is 0 Å². The number of benzene rings is 2. The van der Waals surface area contributed by atoms with E-state index in [1.807, 2.05) is 36.4 Å². The van der Waals surface area contributed by atoms with Crippen LogP contribution in [0.4, 0.5) is 5.69 Å². The zero-order valence-corrected chi connectivity index (χ0v) is 14.6. The van der Waals surface area contributed by atoms with E-state index in [1.165, 1.54) is 0 Å². The maximum atomic E-state index is 11.2. The van der Waals surface area contributed by atoms with E-state index in [0.717, 1.165) is 22.5 Å². The minimum absolute atomic E-state index is 0.636. The molecule has 4 rings (SSSR count). The molecule has 1 aliphatic rings. The minimum atomic E-state index is -1.51. The second-order valence-corrected chi connectivity index (χ2v) is 6.53. The Kier molecular flexibility index (Phi) is 4.32. The lowest BCUT2D eigenvalue weighted by Gasteiger charge is -2.35. The molecular formula is C20H17ClN4O. The summed E-state index contributed by atoms with van der Waals surface area (Å²) in [6.45, 7) is 0. The van der Waals surface area contributed by atoms with E-state index in [0.29, 0.717) is 17.0 Å². The monoisotopic (exact) mass is 364 g/mol. The van der Waals surface area contributed by atoms with Gasteiger partial charge in [0.25, 0.3) is 5.85 Å². The van der Waals surface area contributed by atoms with E-state index in [-0.39, 0.29) is 0 Å². The normalized spacial score (nSPS) is 18.5. The molecule has 3 N–H and O–H groups in total. The molecule has 0 amide bonds. The van der Waals surface area contributed by atoms with Gasteiger partial charge in [-0.15, -0.1) is 0 Å². The van der Waals surface area contributed by atoms with Crippen LogP contribution in [-0.4, -0.2) is 15.8 Å². The number of aromatic nitrogens is 1. The first kappa shape index (κ1) is 16.6. The Morgan fingerprint density at radius 1 is 1.00 bits per heavy atom. The van der Waals surface area contributed by atoms with Crippen LogP contribution in [0.3, 0.4) is 0 Å². The van der Waals surface area contributed by atoms with Crippen LogP contribution in [0.1, 0.15) is 16.7 Å². The van der Waals surface area contributed by atoms with E-state index in [1.54, 1.807) is 36.7 Å². The van der Waals surface area contributed by atoms with E-state index < -0.39 is 5.85 Å². The molecule has 26 heavy (non-hydrogen) atoms. The van der Waals surface area contributed by atoms with Crippen molar-refractivity contribution in [1.29, 1.82) is 0 Å². The van der Waals surface area contributed by atoms with Crippen molar-refractivity contribution >= 4 is 23.0 Å². The number of hydrazone groups is 1. The fraction of sp³-hybridized carbons (Fsp3) is 0.100. The lowest BCUT2D eigenvalue weighted by atomic mass is 9.94. The number of hydrogen-bond acceptors (Lipinski definition) is 5. The second-order valence-electron chi connectivity index (χ2n) is 6.09. The Morgan fingerprint density at radius 3 is 2.50 bits per heavy atom. The summed E-state index contributed by atoms with van der Waals surface area (Å²) in [5.41, 5.74) is 7.17. The SMILES string of the molecule is OC1(Nc2ccc(Cl)cc2)NN=C(Cc2ccncc2)c2ccccc21. The van der Waals surface area contributed by atoms with Crippen LogP contribution < -0.4 is 10.7 Å². The van der Waals surface area contributed by atoms with Crippen LogP contribution >= 0.6 is 11.6 Å². The molecule has 6 heteroatoms. The number of halogens is 1. The third-order valence-electron chi connectivity index (χ3n) is 4.27. The van der Waals surface area contributed by atoms with E-state index in [4.69, 9.17) is 11.6 Å². The second kappa shape index (κ2) is 6.78. The first-order valence-electron chi connectivity index (χ1n) is 8.23. The van der Waals surface area contributed by atoms with Crippen molar-refractivity contribution in [1.82, 2.24) is 10.4 Å². The van der Waals surface area contributed by atoms with Crippen LogP contribution in [0.5, 0.6) is 0 Å². The number of aliphatic hydroxyl groups is 1. The molecule has 1 aliphatic heterocycles. The van der Waals surface area contributed by atoms with Crippen LogP contribution in [0.25, 0.3) is 0 Å². The van der Waals surface area contributed by atoms with Gasteiger partial charge in [0.15, 0.2) is 0 Å². The molecule has 1 atom stereocenters. The maximum absolute atomic E-state index is 11.2. The summed E-state index contributed by atoms with van der Waals surface area (Å²) in [7, 11) is 0. The van der Waals surface area contributed by atoms with Crippen LogP contribution in [0, 0.1) is 0 Å². The van der Waals surface area contributed by atoms with Gasteiger partial charge in [0.05, 0.1) is 5.71 Å². The minimum Gasteiger partial charge on any atom is -0.349 e. The van der Waals surface area contributed by atoms with Gasteiger partial charge in [-0.1, -0.05) is 35.9 Å². The predicted octanol–water partition coefficient (Wildman–Crippen LogP) is 3.50. The zero-order chi connectivity index (χ0) is 18.0. The van der Waals surface area contributed by atoms with Gasteiger partial charge in [-0.25, -0.2) is 0 Å². The van der Waals surface area contributed by atoms with Crippen molar-refractivity contribution in [3.8, 4) is 0 Å². The van der Waals surface area contributed by atoms with Gasteiger partial charge in [-0.05, 0) is 42.0 Å². The van der Waals surface area contributed by atoms with Gasteiger partial charge in [0, 0.05) is 40.7 Å². The fourth-order valence-corrected chi connectivity index (χ4v) is 3.11. The largest absolute Gasteiger partial charge is 0.349 e. The molecule has 0 saturated heterocycles. The average Bonchev–Trinajstić information content (AvgIpc) is 2.67. The third kappa shape index (κ3) is 3.27. The van der Waals surface area contributed by atoms with Crippen molar-refractivity contribution in [3.63, 3.8) is 0 Å². The highest BCUT2D eigenvalue weighted by molar-refractivity contribution is 6.30. The van der Waals surface area contributed by atoms with Crippen LogP contribution in [0.15, 0.2) is 78.2 Å². The molecule has 3 aromatic rings. The Bertz CT molecular complexity index is 944. The molecule has 0 radical (unpaired) electrons. The van der Waals surface area contributed by atoms with Crippen LogP contribution in [-0.2, 0) is 12.3 Å². The van der Waals surface area contributed by atoms with Gasteiger partial charge < -0.3 is 10.4 Å². The summed E-state index contributed by atoms with van der Waals surface area (Å²) >= 11 is 5.93. The average molecular weight is 365 g/mol. The highest BCUT2D eigenvalue weighted by Crippen LogP contribution is 2.29. The fourth-order valence-electron chi connectivity index (χ4n) is 2.99. The van der Waals surface area contributed by atoms with Gasteiger partial charge in [0.2, 0.25) is 0 Å².